The number of fused-ring (bicyclic) bond motifs is 1. The molecular formula is C21H24N6O2S. The van der Waals surface area contributed by atoms with Crippen LogP contribution in [0, 0.1) is 6.92 Å². The van der Waals surface area contributed by atoms with Crippen molar-refractivity contribution in [1.29, 1.82) is 0 Å². The number of aromatic amines is 1. The molecule has 0 atom stereocenters. The van der Waals surface area contributed by atoms with Crippen molar-refractivity contribution in [3.8, 4) is 5.69 Å². The molecule has 0 amide bonds. The van der Waals surface area contributed by atoms with E-state index in [1.54, 1.807) is 15.3 Å². The summed E-state index contributed by atoms with van der Waals surface area (Å²) < 4.78 is 5.36. The Kier molecular flexibility index (Phi) is 5.63. The minimum atomic E-state index is -0.409. The number of benzene rings is 1. The summed E-state index contributed by atoms with van der Waals surface area (Å²) in [6, 6.07) is 8.22. The van der Waals surface area contributed by atoms with E-state index in [2.05, 4.69) is 40.9 Å². The first kappa shape index (κ1) is 20.2. The van der Waals surface area contributed by atoms with E-state index >= 15 is 0 Å². The van der Waals surface area contributed by atoms with Crippen LogP contribution in [0.4, 0.5) is 0 Å². The molecule has 0 aliphatic rings. The predicted molar refractivity (Wildman–Crippen MR) is 118 cm³/mol. The van der Waals surface area contributed by atoms with Crippen molar-refractivity contribution < 1.29 is 0 Å². The van der Waals surface area contributed by atoms with Gasteiger partial charge in [-0.15, -0.1) is 0 Å². The standard InChI is InChI=1S/C21H24N6O2S/c1-4-5-10-27-18-17(19(28)24-20(27)29)25(3)16(23-18)13-30-21-22-9-11-26(21)15-8-6-7-14(2)12-15/h6-9,11-12H,4-5,10,13H2,1-3H3,(H,24,28,29). The highest BCUT2D eigenvalue weighted by atomic mass is 32.2. The maximum atomic E-state index is 12.4. The van der Waals surface area contributed by atoms with Gasteiger partial charge in [-0.1, -0.05) is 37.2 Å². The topological polar surface area (TPSA) is 90.5 Å². The second-order valence-electron chi connectivity index (χ2n) is 7.23. The molecule has 1 aromatic carbocycles. The maximum Gasteiger partial charge on any atom is 0.330 e. The number of H-pyrrole nitrogens is 1. The summed E-state index contributed by atoms with van der Waals surface area (Å²) in [7, 11) is 1.81. The molecular weight excluding hydrogens is 400 g/mol. The lowest BCUT2D eigenvalue weighted by Crippen LogP contribution is -2.31. The molecule has 1 N–H and O–H groups in total. The molecule has 9 heteroatoms. The van der Waals surface area contributed by atoms with Gasteiger partial charge in [0.05, 0.1) is 5.75 Å². The molecule has 3 aromatic heterocycles. The van der Waals surface area contributed by atoms with Gasteiger partial charge >= 0.3 is 5.69 Å². The summed E-state index contributed by atoms with van der Waals surface area (Å²) in [5.74, 6) is 1.24. The fraction of sp³-hybridized carbons (Fsp3) is 0.333. The predicted octanol–water partition coefficient (Wildman–Crippen LogP) is 3.01. The van der Waals surface area contributed by atoms with Crippen LogP contribution in [-0.2, 0) is 19.3 Å². The molecule has 0 saturated heterocycles. The Balaban J connectivity index is 1.67. The van der Waals surface area contributed by atoms with E-state index in [-0.39, 0.29) is 0 Å². The number of rotatable bonds is 7. The van der Waals surface area contributed by atoms with Crippen molar-refractivity contribution in [2.24, 2.45) is 7.05 Å². The van der Waals surface area contributed by atoms with Gasteiger partial charge in [0.1, 0.15) is 5.82 Å². The summed E-state index contributed by atoms with van der Waals surface area (Å²) in [5.41, 5.74) is 2.27. The quantitative estimate of drug-likeness (QED) is 0.461. The summed E-state index contributed by atoms with van der Waals surface area (Å²) in [4.78, 5) is 36.2. The molecule has 0 spiro atoms. The zero-order chi connectivity index (χ0) is 21.3. The number of aryl methyl sites for hydroxylation is 3. The third-order valence-corrected chi connectivity index (χ3v) is 6.02. The molecule has 156 valence electrons. The number of unbranched alkanes of at least 4 members (excludes halogenated alkanes) is 1. The Morgan fingerprint density at radius 2 is 2.07 bits per heavy atom. The number of hydrogen-bond acceptors (Lipinski definition) is 5. The van der Waals surface area contributed by atoms with E-state index < -0.39 is 11.2 Å². The lowest BCUT2D eigenvalue weighted by Gasteiger charge is -2.08. The van der Waals surface area contributed by atoms with E-state index in [1.165, 1.54) is 17.3 Å². The van der Waals surface area contributed by atoms with Crippen molar-refractivity contribution in [3.63, 3.8) is 0 Å². The number of thioether (sulfide) groups is 1. The first-order chi connectivity index (χ1) is 14.5. The smallest absolute Gasteiger partial charge is 0.325 e. The van der Waals surface area contributed by atoms with Crippen LogP contribution >= 0.6 is 11.8 Å². The van der Waals surface area contributed by atoms with Crippen LogP contribution in [0.15, 0.2) is 51.4 Å². The van der Waals surface area contributed by atoms with E-state index in [9.17, 15) is 9.59 Å². The van der Waals surface area contributed by atoms with Crippen LogP contribution in [0.1, 0.15) is 31.2 Å². The third-order valence-electron chi connectivity index (χ3n) is 5.06. The average Bonchev–Trinajstić information content (AvgIpc) is 3.31. The minimum Gasteiger partial charge on any atom is -0.325 e. The van der Waals surface area contributed by atoms with Crippen molar-refractivity contribution in [3.05, 3.63) is 68.9 Å². The zero-order valence-electron chi connectivity index (χ0n) is 17.3. The largest absolute Gasteiger partial charge is 0.330 e. The van der Waals surface area contributed by atoms with Gasteiger partial charge in [0, 0.05) is 31.7 Å². The molecule has 4 rings (SSSR count). The Hall–Kier alpha value is -3.07. The van der Waals surface area contributed by atoms with Gasteiger partial charge in [-0.2, -0.15) is 0 Å². The van der Waals surface area contributed by atoms with Crippen LogP contribution in [0.5, 0.6) is 0 Å². The molecule has 4 aromatic rings. The Morgan fingerprint density at radius 1 is 1.23 bits per heavy atom. The molecule has 0 saturated carbocycles. The van der Waals surface area contributed by atoms with Crippen LogP contribution in [0.3, 0.4) is 0 Å². The monoisotopic (exact) mass is 424 g/mol. The highest BCUT2D eigenvalue weighted by molar-refractivity contribution is 7.98. The summed E-state index contributed by atoms with van der Waals surface area (Å²) in [6.45, 7) is 4.65. The SMILES string of the molecule is CCCCn1c(=O)[nH]c(=O)c2c1nc(CSc1nccn1-c1cccc(C)c1)n2C. The van der Waals surface area contributed by atoms with Crippen molar-refractivity contribution in [1.82, 2.24) is 28.7 Å². The highest BCUT2D eigenvalue weighted by Crippen LogP contribution is 2.25. The molecule has 0 unspecified atom stereocenters. The summed E-state index contributed by atoms with van der Waals surface area (Å²) in [5, 5.41) is 0.838. The number of nitrogens with zero attached hydrogens (tertiary/aromatic N) is 5. The fourth-order valence-electron chi connectivity index (χ4n) is 3.44. The second-order valence-corrected chi connectivity index (χ2v) is 8.17. The second kappa shape index (κ2) is 8.35. The molecule has 30 heavy (non-hydrogen) atoms. The molecule has 3 heterocycles. The van der Waals surface area contributed by atoms with Gasteiger partial charge < -0.3 is 4.57 Å². The number of nitrogens with one attached hydrogen (secondary N) is 1. The molecule has 0 aliphatic carbocycles. The lowest BCUT2D eigenvalue weighted by molar-refractivity contribution is 0.613. The van der Waals surface area contributed by atoms with Gasteiger partial charge in [-0.3, -0.25) is 18.9 Å². The lowest BCUT2D eigenvalue weighted by atomic mass is 10.2. The molecule has 0 fully saturated rings. The fourth-order valence-corrected chi connectivity index (χ4v) is 4.40. The molecule has 0 bridgehead atoms. The van der Waals surface area contributed by atoms with Crippen LogP contribution in [-0.4, -0.2) is 28.7 Å². The van der Waals surface area contributed by atoms with Crippen molar-refractivity contribution in [2.45, 2.75) is 44.1 Å². The van der Waals surface area contributed by atoms with Gasteiger partial charge in [-0.05, 0) is 31.0 Å². The summed E-state index contributed by atoms with van der Waals surface area (Å²) in [6.07, 6.45) is 5.49. The maximum absolute atomic E-state index is 12.4. The van der Waals surface area contributed by atoms with E-state index in [0.717, 1.165) is 29.5 Å². The highest BCUT2D eigenvalue weighted by Gasteiger charge is 2.17. The molecule has 0 radical (unpaired) electrons. The molecule has 0 aliphatic heterocycles. The van der Waals surface area contributed by atoms with Gasteiger partial charge in [-0.25, -0.2) is 14.8 Å². The van der Waals surface area contributed by atoms with Gasteiger partial charge in [0.2, 0.25) is 0 Å². The number of imidazole rings is 2. The van der Waals surface area contributed by atoms with Gasteiger partial charge in [0.25, 0.3) is 5.56 Å². The number of hydrogen-bond donors (Lipinski definition) is 1. The summed E-state index contributed by atoms with van der Waals surface area (Å²) >= 11 is 1.54. The third kappa shape index (κ3) is 3.72. The normalized spacial score (nSPS) is 11.4. The molecule has 8 nitrogen and oxygen atoms in total. The van der Waals surface area contributed by atoms with Crippen LogP contribution in [0.25, 0.3) is 16.9 Å². The Labute approximate surface area is 177 Å². The van der Waals surface area contributed by atoms with Crippen LogP contribution in [0.2, 0.25) is 0 Å². The minimum absolute atomic E-state index is 0.407. The Morgan fingerprint density at radius 3 is 2.83 bits per heavy atom. The van der Waals surface area contributed by atoms with E-state index in [0.29, 0.717) is 23.5 Å². The zero-order valence-corrected chi connectivity index (χ0v) is 18.1. The number of aromatic nitrogens is 6. The first-order valence-corrected chi connectivity index (χ1v) is 10.9. The average molecular weight is 425 g/mol. The van der Waals surface area contributed by atoms with Crippen molar-refractivity contribution >= 4 is 22.9 Å². The Bertz CT molecular complexity index is 1310. The van der Waals surface area contributed by atoms with Crippen LogP contribution < -0.4 is 11.2 Å². The van der Waals surface area contributed by atoms with E-state index in [4.69, 9.17) is 0 Å². The first-order valence-electron chi connectivity index (χ1n) is 9.91. The van der Waals surface area contributed by atoms with Gasteiger partial charge in [0.15, 0.2) is 16.3 Å². The van der Waals surface area contributed by atoms with E-state index in [1.807, 2.05) is 29.9 Å². The van der Waals surface area contributed by atoms with Crippen molar-refractivity contribution in [2.75, 3.05) is 0 Å².